The second kappa shape index (κ2) is 16.6. The summed E-state index contributed by atoms with van der Waals surface area (Å²) in [6.45, 7) is 4.98. The molecule has 0 saturated carbocycles. The standard InChI is InChI=1S/C23H44O3/c1-3-5-7-8-9-10-11-12-13-14-15-16-17-19-21-22(26-21)23(24)25-20-18-6-4-2/h21-22H,3-20H2,1-2H3. The van der Waals surface area contributed by atoms with E-state index in [9.17, 15) is 4.79 Å². The molecule has 0 N–H and O–H groups in total. The van der Waals surface area contributed by atoms with E-state index in [2.05, 4.69) is 13.8 Å². The van der Waals surface area contributed by atoms with E-state index in [-0.39, 0.29) is 18.2 Å². The summed E-state index contributed by atoms with van der Waals surface area (Å²) in [5.41, 5.74) is 0. The zero-order valence-electron chi connectivity index (χ0n) is 17.6. The zero-order chi connectivity index (χ0) is 18.9. The molecule has 2 atom stereocenters. The molecule has 1 fully saturated rings. The van der Waals surface area contributed by atoms with Gasteiger partial charge in [0, 0.05) is 0 Å². The average Bonchev–Trinajstić information content (AvgIpc) is 3.42. The maximum absolute atomic E-state index is 11.8. The van der Waals surface area contributed by atoms with Gasteiger partial charge in [-0.15, -0.1) is 0 Å². The van der Waals surface area contributed by atoms with Crippen LogP contribution >= 0.6 is 0 Å². The van der Waals surface area contributed by atoms with Crippen LogP contribution < -0.4 is 0 Å². The quantitative estimate of drug-likeness (QED) is 0.140. The topological polar surface area (TPSA) is 38.8 Å². The third kappa shape index (κ3) is 12.7. The number of carbonyl (C=O) groups is 1. The fraction of sp³-hybridized carbons (Fsp3) is 0.957. The average molecular weight is 369 g/mol. The van der Waals surface area contributed by atoms with Gasteiger partial charge >= 0.3 is 5.97 Å². The molecule has 3 heteroatoms. The van der Waals surface area contributed by atoms with Crippen molar-refractivity contribution < 1.29 is 14.3 Å². The molecule has 1 saturated heterocycles. The number of carbonyl (C=O) groups excluding carboxylic acids is 1. The van der Waals surface area contributed by atoms with Crippen LogP contribution in [0.25, 0.3) is 0 Å². The minimum absolute atomic E-state index is 0.138. The first-order valence-electron chi connectivity index (χ1n) is 11.6. The molecule has 0 amide bonds. The Bertz CT molecular complexity index is 329. The smallest absolute Gasteiger partial charge is 0.338 e. The van der Waals surface area contributed by atoms with E-state index in [0.717, 1.165) is 25.7 Å². The Morgan fingerprint density at radius 1 is 0.692 bits per heavy atom. The molecule has 26 heavy (non-hydrogen) atoms. The van der Waals surface area contributed by atoms with Crippen molar-refractivity contribution in [1.82, 2.24) is 0 Å². The van der Waals surface area contributed by atoms with Gasteiger partial charge in [0.25, 0.3) is 0 Å². The van der Waals surface area contributed by atoms with Crippen LogP contribution in [-0.4, -0.2) is 24.8 Å². The largest absolute Gasteiger partial charge is 0.464 e. The predicted molar refractivity (Wildman–Crippen MR) is 109 cm³/mol. The molecule has 1 rings (SSSR count). The third-order valence-electron chi connectivity index (χ3n) is 5.40. The highest BCUT2D eigenvalue weighted by Crippen LogP contribution is 2.28. The molecular weight excluding hydrogens is 324 g/mol. The van der Waals surface area contributed by atoms with Crippen LogP contribution in [0.1, 0.15) is 123 Å². The van der Waals surface area contributed by atoms with Crippen molar-refractivity contribution in [2.75, 3.05) is 6.61 Å². The normalized spacial score (nSPS) is 18.8. The summed E-state index contributed by atoms with van der Waals surface area (Å²) in [5, 5.41) is 0. The summed E-state index contributed by atoms with van der Waals surface area (Å²) in [5.74, 6) is -0.138. The van der Waals surface area contributed by atoms with Crippen molar-refractivity contribution in [2.24, 2.45) is 0 Å². The van der Waals surface area contributed by atoms with E-state index in [0.29, 0.717) is 6.61 Å². The molecule has 0 radical (unpaired) electrons. The van der Waals surface area contributed by atoms with Crippen LogP contribution in [-0.2, 0) is 14.3 Å². The van der Waals surface area contributed by atoms with Gasteiger partial charge in [0.15, 0.2) is 6.10 Å². The van der Waals surface area contributed by atoms with Crippen LogP contribution in [0.15, 0.2) is 0 Å². The van der Waals surface area contributed by atoms with Crippen molar-refractivity contribution in [3.63, 3.8) is 0 Å². The number of ether oxygens (including phenoxy) is 2. The summed E-state index contributed by atoms with van der Waals surface area (Å²) < 4.78 is 10.7. The first-order valence-corrected chi connectivity index (χ1v) is 11.6. The first kappa shape index (κ1) is 23.5. The number of epoxide rings is 1. The number of unbranched alkanes of at least 4 members (excludes halogenated alkanes) is 14. The van der Waals surface area contributed by atoms with Crippen molar-refractivity contribution >= 4 is 5.97 Å². The van der Waals surface area contributed by atoms with Gasteiger partial charge in [-0.3, -0.25) is 0 Å². The first-order chi connectivity index (χ1) is 12.8. The summed E-state index contributed by atoms with van der Waals surface area (Å²) in [7, 11) is 0. The third-order valence-corrected chi connectivity index (χ3v) is 5.40. The highest BCUT2D eigenvalue weighted by molar-refractivity contribution is 5.77. The van der Waals surface area contributed by atoms with E-state index < -0.39 is 0 Å². The minimum atomic E-state index is -0.256. The fourth-order valence-electron chi connectivity index (χ4n) is 3.54. The molecule has 1 aliphatic rings. The van der Waals surface area contributed by atoms with Gasteiger partial charge in [-0.05, 0) is 12.8 Å². The van der Waals surface area contributed by atoms with Gasteiger partial charge in [-0.1, -0.05) is 110 Å². The van der Waals surface area contributed by atoms with Crippen molar-refractivity contribution in [1.29, 1.82) is 0 Å². The lowest BCUT2D eigenvalue weighted by Crippen LogP contribution is -2.14. The van der Waals surface area contributed by atoms with Crippen LogP contribution in [0.5, 0.6) is 0 Å². The maximum atomic E-state index is 11.8. The molecule has 0 aromatic heterocycles. The Labute approximate surface area is 162 Å². The van der Waals surface area contributed by atoms with Crippen molar-refractivity contribution in [3.8, 4) is 0 Å². The summed E-state index contributed by atoms with van der Waals surface area (Å²) in [4.78, 5) is 11.8. The highest BCUT2D eigenvalue weighted by atomic mass is 16.6. The second-order valence-corrected chi connectivity index (χ2v) is 8.00. The Hall–Kier alpha value is -0.570. The lowest BCUT2D eigenvalue weighted by atomic mass is 10.0. The van der Waals surface area contributed by atoms with Crippen LogP contribution in [0, 0.1) is 0 Å². The van der Waals surface area contributed by atoms with E-state index in [1.54, 1.807) is 0 Å². The Morgan fingerprint density at radius 3 is 1.69 bits per heavy atom. The lowest BCUT2D eigenvalue weighted by Gasteiger charge is -2.03. The number of hydrogen-bond acceptors (Lipinski definition) is 3. The van der Waals surface area contributed by atoms with Crippen molar-refractivity contribution in [2.45, 2.75) is 135 Å². The molecular formula is C23H44O3. The van der Waals surface area contributed by atoms with Crippen molar-refractivity contribution in [3.05, 3.63) is 0 Å². The monoisotopic (exact) mass is 368 g/mol. The van der Waals surface area contributed by atoms with E-state index in [4.69, 9.17) is 9.47 Å². The molecule has 0 spiro atoms. The predicted octanol–water partition coefficient (Wildman–Crippen LogP) is 6.97. The van der Waals surface area contributed by atoms with Crippen LogP contribution in [0.2, 0.25) is 0 Å². The highest BCUT2D eigenvalue weighted by Gasteiger charge is 2.45. The van der Waals surface area contributed by atoms with Gasteiger partial charge in [0.2, 0.25) is 0 Å². The molecule has 0 aromatic rings. The Kier molecular flexibility index (Phi) is 15.0. The van der Waals surface area contributed by atoms with Gasteiger partial charge in [0.1, 0.15) is 0 Å². The molecule has 0 bridgehead atoms. The molecule has 1 heterocycles. The Morgan fingerprint density at radius 2 is 1.15 bits per heavy atom. The van der Waals surface area contributed by atoms with Gasteiger partial charge in [-0.25, -0.2) is 4.79 Å². The van der Waals surface area contributed by atoms with Crippen LogP contribution in [0.3, 0.4) is 0 Å². The van der Waals surface area contributed by atoms with Gasteiger partial charge < -0.3 is 9.47 Å². The molecule has 2 unspecified atom stereocenters. The van der Waals surface area contributed by atoms with E-state index >= 15 is 0 Å². The SMILES string of the molecule is CCCCCCCCCCCCCCCC1OC1C(=O)OCCCCC. The zero-order valence-corrected chi connectivity index (χ0v) is 17.6. The van der Waals surface area contributed by atoms with Gasteiger partial charge in [-0.2, -0.15) is 0 Å². The molecule has 154 valence electrons. The van der Waals surface area contributed by atoms with E-state index in [1.165, 1.54) is 83.5 Å². The van der Waals surface area contributed by atoms with Crippen LogP contribution in [0.4, 0.5) is 0 Å². The molecule has 1 aliphatic heterocycles. The summed E-state index contributed by atoms with van der Waals surface area (Å²) >= 11 is 0. The molecule has 0 aliphatic carbocycles. The number of hydrogen-bond donors (Lipinski definition) is 0. The second-order valence-electron chi connectivity index (χ2n) is 8.00. The van der Waals surface area contributed by atoms with E-state index in [1.807, 2.05) is 0 Å². The lowest BCUT2D eigenvalue weighted by molar-refractivity contribution is -0.145. The summed E-state index contributed by atoms with van der Waals surface area (Å²) in [6, 6.07) is 0. The number of rotatable bonds is 19. The number of esters is 1. The van der Waals surface area contributed by atoms with Gasteiger partial charge in [0.05, 0.1) is 12.7 Å². The minimum Gasteiger partial charge on any atom is -0.464 e. The maximum Gasteiger partial charge on any atom is 0.338 e. The Balaban J connectivity index is 1.77. The molecule has 3 nitrogen and oxygen atoms in total. The molecule has 0 aromatic carbocycles. The fourth-order valence-corrected chi connectivity index (χ4v) is 3.54. The summed E-state index contributed by atoms with van der Waals surface area (Å²) in [6.07, 6.45) is 22.0.